The molecule has 36 heavy (non-hydrogen) atoms. The van der Waals surface area contributed by atoms with Crippen LogP contribution >= 0.6 is 0 Å². The summed E-state index contributed by atoms with van der Waals surface area (Å²) in [5, 5.41) is 2.18. The summed E-state index contributed by atoms with van der Waals surface area (Å²) < 4.78 is 22.1. The predicted molar refractivity (Wildman–Crippen MR) is 126 cm³/mol. The van der Waals surface area contributed by atoms with Gasteiger partial charge in [0, 0.05) is 6.42 Å². The number of hydrogen-bond acceptors (Lipinski definition) is 8. The van der Waals surface area contributed by atoms with E-state index in [0.29, 0.717) is 45.4 Å². The Hall–Kier alpha value is -3.60. The van der Waals surface area contributed by atoms with Crippen LogP contribution in [0.3, 0.4) is 0 Å². The van der Waals surface area contributed by atoms with E-state index in [2.05, 4.69) is 5.32 Å². The third-order valence-electron chi connectivity index (χ3n) is 5.76. The normalized spacial score (nSPS) is 17.3. The lowest BCUT2D eigenvalue weighted by molar-refractivity contribution is -0.136. The van der Waals surface area contributed by atoms with E-state index in [0.717, 1.165) is 10.5 Å². The second-order valence-corrected chi connectivity index (χ2v) is 8.27. The van der Waals surface area contributed by atoms with Crippen molar-refractivity contribution in [2.24, 2.45) is 0 Å². The SMILES string of the molecule is O=C1CCC(N2C(=O)c3ccc(OCCOCCOCCOCc4ccccc4)cc3C2=O)C(=O)N1. The number of carbonyl (C=O) groups excluding carboxylic acids is 4. The van der Waals surface area contributed by atoms with E-state index < -0.39 is 29.7 Å². The molecule has 1 atom stereocenters. The molecular formula is C26H28N2O8. The first-order chi connectivity index (χ1) is 17.5. The van der Waals surface area contributed by atoms with E-state index in [1.165, 1.54) is 12.1 Å². The molecule has 1 N–H and O–H groups in total. The zero-order chi connectivity index (χ0) is 25.3. The van der Waals surface area contributed by atoms with Crippen molar-refractivity contribution in [3.63, 3.8) is 0 Å². The molecule has 2 aromatic rings. The fourth-order valence-electron chi connectivity index (χ4n) is 3.96. The molecule has 0 aromatic heterocycles. The average Bonchev–Trinajstić information content (AvgIpc) is 3.12. The molecule has 2 aliphatic rings. The molecule has 2 heterocycles. The summed E-state index contributed by atoms with van der Waals surface area (Å²) in [6.45, 7) is 2.93. The van der Waals surface area contributed by atoms with Gasteiger partial charge in [-0.2, -0.15) is 0 Å². The Morgan fingerprint density at radius 2 is 1.44 bits per heavy atom. The maximum absolute atomic E-state index is 12.8. The Morgan fingerprint density at radius 1 is 0.778 bits per heavy atom. The maximum atomic E-state index is 12.8. The molecule has 0 spiro atoms. The van der Waals surface area contributed by atoms with E-state index in [-0.39, 0.29) is 30.6 Å². The zero-order valence-corrected chi connectivity index (χ0v) is 19.8. The van der Waals surface area contributed by atoms with Crippen molar-refractivity contribution >= 4 is 23.6 Å². The molecule has 0 saturated carbocycles. The number of amides is 4. The van der Waals surface area contributed by atoms with Gasteiger partial charge in [0.1, 0.15) is 18.4 Å². The summed E-state index contributed by atoms with van der Waals surface area (Å²) >= 11 is 0. The molecule has 10 heteroatoms. The molecule has 190 valence electrons. The highest BCUT2D eigenvalue weighted by Gasteiger charge is 2.44. The Balaban J connectivity index is 1.12. The van der Waals surface area contributed by atoms with Crippen LogP contribution in [-0.4, -0.2) is 74.2 Å². The van der Waals surface area contributed by atoms with Gasteiger partial charge in [-0.05, 0) is 30.2 Å². The molecule has 10 nitrogen and oxygen atoms in total. The third kappa shape index (κ3) is 6.34. The summed E-state index contributed by atoms with van der Waals surface area (Å²) in [5.41, 5.74) is 1.50. The molecule has 4 amide bonds. The quantitative estimate of drug-likeness (QED) is 0.329. The molecule has 2 aliphatic heterocycles. The zero-order valence-electron chi connectivity index (χ0n) is 19.8. The number of nitrogens with one attached hydrogen (secondary N) is 1. The van der Waals surface area contributed by atoms with Gasteiger partial charge in [0.2, 0.25) is 11.8 Å². The lowest BCUT2D eigenvalue weighted by atomic mass is 10.0. The Bertz CT molecular complexity index is 1100. The van der Waals surface area contributed by atoms with Gasteiger partial charge < -0.3 is 18.9 Å². The van der Waals surface area contributed by atoms with Crippen LogP contribution in [-0.2, 0) is 30.4 Å². The topological polar surface area (TPSA) is 120 Å². The monoisotopic (exact) mass is 496 g/mol. The smallest absolute Gasteiger partial charge is 0.262 e. The van der Waals surface area contributed by atoms with E-state index in [1.54, 1.807) is 6.07 Å². The number of fused-ring (bicyclic) bond motifs is 1. The highest BCUT2D eigenvalue weighted by atomic mass is 16.6. The fraction of sp³-hybridized carbons (Fsp3) is 0.385. The number of nitrogens with zero attached hydrogens (tertiary/aromatic N) is 1. The fourth-order valence-corrected chi connectivity index (χ4v) is 3.96. The second kappa shape index (κ2) is 12.4. The van der Waals surface area contributed by atoms with Crippen molar-refractivity contribution in [2.45, 2.75) is 25.5 Å². The highest BCUT2D eigenvalue weighted by molar-refractivity contribution is 6.23. The molecule has 1 unspecified atom stereocenters. The number of ether oxygens (including phenoxy) is 4. The molecular weight excluding hydrogens is 468 g/mol. The van der Waals surface area contributed by atoms with Gasteiger partial charge >= 0.3 is 0 Å². The van der Waals surface area contributed by atoms with Crippen molar-refractivity contribution in [2.75, 3.05) is 39.6 Å². The molecule has 1 fully saturated rings. The second-order valence-electron chi connectivity index (χ2n) is 8.27. The van der Waals surface area contributed by atoms with Gasteiger partial charge in [0.25, 0.3) is 11.8 Å². The number of piperidine rings is 1. The Morgan fingerprint density at radius 3 is 2.17 bits per heavy atom. The van der Waals surface area contributed by atoms with Crippen molar-refractivity contribution < 1.29 is 38.1 Å². The lowest BCUT2D eigenvalue weighted by Crippen LogP contribution is -2.54. The summed E-state index contributed by atoms with van der Waals surface area (Å²) in [5.74, 6) is -1.76. The van der Waals surface area contributed by atoms with Crippen molar-refractivity contribution in [3.05, 3.63) is 65.2 Å². The minimum atomic E-state index is -0.995. The molecule has 0 aliphatic carbocycles. The van der Waals surface area contributed by atoms with E-state index in [1.807, 2.05) is 30.3 Å². The Labute approximate surface area is 208 Å². The molecule has 0 bridgehead atoms. The van der Waals surface area contributed by atoms with Gasteiger partial charge in [-0.3, -0.25) is 29.4 Å². The van der Waals surface area contributed by atoms with Gasteiger partial charge in [-0.15, -0.1) is 0 Å². The largest absolute Gasteiger partial charge is 0.491 e. The average molecular weight is 497 g/mol. The van der Waals surface area contributed by atoms with Crippen LogP contribution in [0.4, 0.5) is 0 Å². The first-order valence-electron chi connectivity index (χ1n) is 11.8. The summed E-state index contributed by atoms with van der Waals surface area (Å²) in [6.07, 6.45) is 0.187. The third-order valence-corrected chi connectivity index (χ3v) is 5.76. The first kappa shape index (κ1) is 25.5. The van der Waals surface area contributed by atoms with Crippen molar-refractivity contribution in [3.8, 4) is 5.75 Å². The Kier molecular flexibility index (Phi) is 8.77. The predicted octanol–water partition coefficient (Wildman–Crippen LogP) is 1.72. The number of rotatable bonds is 13. The van der Waals surface area contributed by atoms with Crippen LogP contribution in [0.2, 0.25) is 0 Å². The van der Waals surface area contributed by atoms with Crippen LogP contribution in [0.25, 0.3) is 0 Å². The van der Waals surface area contributed by atoms with Gasteiger partial charge in [-0.1, -0.05) is 30.3 Å². The minimum absolute atomic E-state index is 0.0747. The highest BCUT2D eigenvalue weighted by Crippen LogP contribution is 2.30. The number of imide groups is 2. The van der Waals surface area contributed by atoms with Crippen LogP contribution < -0.4 is 10.1 Å². The number of hydrogen-bond donors (Lipinski definition) is 1. The maximum Gasteiger partial charge on any atom is 0.262 e. The van der Waals surface area contributed by atoms with Crippen LogP contribution in [0.15, 0.2) is 48.5 Å². The minimum Gasteiger partial charge on any atom is -0.491 e. The van der Waals surface area contributed by atoms with Gasteiger partial charge in [0.15, 0.2) is 0 Å². The number of benzene rings is 2. The molecule has 0 radical (unpaired) electrons. The summed E-state index contributed by atoms with van der Waals surface area (Å²) in [7, 11) is 0. The van der Waals surface area contributed by atoms with Crippen LogP contribution in [0.5, 0.6) is 5.75 Å². The standard InChI is InChI=1S/C26H28N2O8/c29-23-9-8-22(24(30)27-23)28-25(31)20-7-6-19(16-21(20)26(28)32)36-15-14-34-11-10-33-12-13-35-17-18-4-2-1-3-5-18/h1-7,16,22H,8-15,17H2,(H,27,29,30). The summed E-state index contributed by atoms with van der Waals surface area (Å²) in [4.78, 5) is 50.0. The number of carbonyl (C=O) groups is 4. The van der Waals surface area contributed by atoms with E-state index in [4.69, 9.17) is 18.9 Å². The van der Waals surface area contributed by atoms with Crippen molar-refractivity contribution in [1.29, 1.82) is 0 Å². The van der Waals surface area contributed by atoms with Crippen LogP contribution in [0.1, 0.15) is 39.1 Å². The summed E-state index contributed by atoms with van der Waals surface area (Å²) in [6, 6.07) is 13.5. The van der Waals surface area contributed by atoms with Crippen molar-refractivity contribution in [1.82, 2.24) is 10.2 Å². The van der Waals surface area contributed by atoms with Crippen LogP contribution in [0, 0.1) is 0 Å². The lowest BCUT2D eigenvalue weighted by Gasteiger charge is -2.27. The van der Waals surface area contributed by atoms with E-state index >= 15 is 0 Å². The molecule has 1 saturated heterocycles. The first-order valence-corrected chi connectivity index (χ1v) is 11.8. The van der Waals surface area contributed by atoms with Gasteiger partial charge in [0.05, 0.1) is 50.8 Å². The van der Waals surface area contributed by atoms with E-state index in [9.17, 15) is 19.2 Å². The molecule has 4 rings (SSSR count). The van der Waals surface area contributed by atoms with Gasteiger partial charge in [-0.25, -0.2) is 0 Å². The molecule has 2 aromatic carbocycles.